The van der Waals surface area contributed by atoms with Gasteiger partial charge < -0.3 is 10.6 Å². The van der Waals surface area contributed by atoms with E-state index < -0.39 is 9.84 Å². The van der Waals surface area contributed by atoms with Gasteiger partial charge in [0.25, 0.3) is 0 Å². The number of carbonyl (C=O) groups is 1. The number of nitrogens with two attached hydrogens (primary N) is 1. The van der Waals surface area contributed by atoms with E-state index in [1.54, 1.807) is 4.90 Å². The zero-order chi connectivity index (χ0) is 17.7. The third-order valence-corrected chi connectivity index (χ3v) is 6.55. The minimum atomic E-state index is -3.02. The highest BCUT2D eigenvalue weighted by atomic mass is 35.5. The van der Waals surface area contributed by atoms with Crippen molar-refractivity contribution in [1.29, 1.82) is 0 Å². The lowest BCUT2D eigenvalue weighted by molar-refractivity contribution is -0.137. The Bertz CT molecular complexity index is 652. The van der Waals surface area contributed by atoms with Crippen molar-refractivity contribution < 1.29 is 13.2 Å². The smallest absolute Gasteiger partial charge is 0.227 e. The van der Waals surface area contributed by atoms with Gasteiger partial charge in [0.05, 0.1) is 17.4 Å². The van der Waals surface area contributed by atoms with Crippen LogP contribution in [0.3, 0.4) is 0 Å². The summed E-state index contributed by atoms with van der Waals surface area (Å²) in [5, 5.41) is 0. The SMILES string of the molecule is CCCCN(C(=O)C(C)C(N)c1ccccc1)C1CCS(=O)(=O)C1.Cl. The molecule has 1 heterocycles. The Morgan fingerprint density at radius 3 is 2.48 bits per heavy atom. The fraction of sp³-hybridized carbons (Fsp3) is 0.611. The van der Waals surface area contributed by atoms with Gasteiger partial charge in [0, 0.05) is 18.6 Å². The van der Waals surface area contributed by atoms with Gasteiger partial charge in [-0.05, 0) is 18.4 Å². The van der Waals surface area contributed by atoms with E-state index in [9.17, 15) is 13.2 Å². The molecular weight excluding hydrogens is 360 g/mol. The van der Waals surface area contributed by atoms with Gasteiger partial charge in [0.15, 0.2) is 9.84 Å². The van der Waals surface area contributed by atoms with Gasteiger partial charge in [-0.25, -0.2) is 8.42 Å². The molecule has 1 aromatic carbocycles. The molecule has 0 aliphatic carbocycles. The molecule has 3 unspecified atom stereocenters. The van der Waals surface area contributed by atoms with Crippen molar-refractivity contribution in [3.05, 3.63) is 35.9 Å². The molecule has 2 N–H and O–H groups in total. The summed E-state index contributed by atoms with van der Waals surface area (Å²) in [6.45, 7) is 4.50. The number of hydrogen-bond donors (Lipinski definition) is 1. The number of rotatable bonds is 7. The van der Waals surface area contributed by atoms with Crippen LogP contribution in [0.15, 0.2) is 30.3 Å². The monoisotopic (exact) mass is 388 g/mol. The first-order chi connectivity index (χ1) is 11.4. The normalized spacial score (nSPS) is 21.2. The molecule has 0 saturated carbocycles. The van der Waals surface area contributed by atoms with Gasteiger partial charge in [-0.15, -0.1) is 12.4 Å². The van der Waals surface area contributed by atoms with Crippen molar-refractivity contribution >= 4 is 28.2 Å². The molecule has 1 aliphatic rings. The van der Waals surface area contributed by atoms with Gasteiger partial charge in [-0.2, -0.15) is 0 Å². The van der Waals surface area contributed by atoms with Crippen molar-refractivity contribution in [2.45, 2.75) is 45.2 Å². The molecule has 0 spiro atoms. The molecule has 2 rings (SSSR count). The van der Waals surface area contributed by atoms with Crippen LogP contribution in [-0.4, -0.2) is 43.3 Å². The van der Waals surface area contributed by atoms with Crippen LogP contribution in [0.5, 0.6) is 0 Å². The minimum Gasteiger partial charge on any atom is -0.338 e. The van der Waals surface area contributed by atoms with Gasteiger partial charge in [0.2, 0.25) is 5.91 Å². The molecule has 0 radical (unpaired) electrons. The van der Waals surface area contributed by atoms with Crippen molar-refractivity contribution in [3.63, 3.8) is 0 Å². The zero-order valence-electron chi connectivity index (χ0n) is 14.9. The van der Waals surface area contributed by atoms with Gasteiger partial charge in [-0.1, -0.05) is 50.6 Å². The van der Waals surface area contributed by atoms with E-state index in [-0.39, 0.29) is 47.8 Å². The number of nitrogens with zero attached hydrogens (tertiary/aromatic N) is 1. The van der Waals surface area contributed by atoms with Gasteiger partial charge in [0.1, 0.15) is 0 Å². The van der Waals surface area contributed by atoms with Gasteiger partial charge in [-0.3, -0.25) is 4.79 Å². The highest BCUT2D eigenvalue weighted by Crippen LogP contribution is 2.25. The number of benzene rings is 1. The molecule has 142 valence electrons. The first-order valence-corrected chi connectivity index (χ1v) is 10.5. The van der Waals surface area contributed by atoms with Crippen LogP contribution in [-0.2, 0) is 14.6 Å². The first kappa shape index (κ1) is 21.9. The van der Waals surface area contributed by atoms with Crippen LogP contribution in [0.4, 0.5) is 0 Å². The van der Waals surface area contributed by atoms with Crippen LogP contribution >= 0.6 is 12.4 Å². The summed E-state index contributed by atoms with van der Waals surface area (Å²) in [4.78, 5) is 14.8. The molecule has 25 heavy (non-hydrogen) atoms. The summed E-state index contributed by atoms with van der Waals surface area (Å²) in [5.74, 6) is -0.169. The molecule has 1 saturated heterocycles. The van der Waals surface area contributed by atoms with Crippen molar-refractivity contribution in [3.8, 4) is 0 Å². The van der Waals surface area contributed by atoms with Crippen molar-refractivity contribution in [2.75, 3.05) is 18.1 Å². The van der Waals surface area contributed by atoms with E-state index in [4.69, 9.17) is 5.73 Å². The second-order valence-corrected chi connectivity index (χ2v) is 8.90. The number of sulfone groups is 1. The largest absolute Gasteiger partial charge is 0.338 e. The predicted octanol–water partition coefficient (Wildman–Crippen LogP) is 2.56. The second-order valence-electron chi connectivity index (χ2n) is 6.67. The van der Waals surface area contributed by atoms with Gasteiger partial charge >= 0.3 is 0 Å². The average Bonchev–Trinajstić information content (AvgIpc) is 2.94. The molecule has 1 fully saturated rings. The van der Waals surface area contributed by atoms with E-state index >= 15 is 0 Å². The fourth-order valence-electron chi connectivity index (χ4n) is 3.20. The Morgan fingerprint density at radius 1 is 1.32 bits per heavy atom. The summed E-state index contributed by atoms with van der Waals surface area (Å²) >= 11 is 0. The number of unbranched alkanes of at least 4 members (excludes halogenated alkanes) is 1. The maximum Gasteiger partial charge on any atom is 0.227 e. The van der Waals surface area contributed by atoms with Crippen LogP contribution in [0, 0.1) is 5.92 Å². The summed E-state index contributed by atoms with van der Waals surface area (Å²) in [5.41, 5.74) is 7.22. The number of carbonyl (C=O) groups excluding carboxylic acids is 1. The molecule has 1 aromatic rings. The Kier molecular flexibility index (Phi) is 8.38. The molecule has 7 heteroatoms. The predicted molar refractivity (Wildman–Crippen MR) is 103 cm³/mol. The van der Waals surface area contributed by atoms with E-state index in [0.717, 1.165) is 18.4 Å². The highest BCUT2D eigenvalue weighted by Gasteiger charge is 2.37. The average molecular weight is 389 g/mol. The lowest BCUT2D eigenvalue weighted by atomic mass is 9.93. The number of hydrogen-bond acceptors (Lipinski definition) is 4. The molecular formula is C18H29ClN2O3S. The quantitative estimate of drug-likeness (QED) is 0.778. The molecule has 0 aromatic heterocycles. The lowest BCUT2D eigenvalue weighted by Crippen LogP contribution is -2.46. The Hall–Kier alpha value is -1.11. The van der Waals surface area contributed by atoms with Crippen LogP contribution in [0.2, 0.25) is 0 Å². The molecule has 0 bridgehead atoms. The second kappa shape index (κ2) is 9.55. The summed E-state index contributed by atoms with van der Waals surface area (Å²) < 4.78 is 23.6. The van der Waals surface area contributed by atoms with E-state index in [1.165, 1.54) is 0 Å². The standard InChI is InChI=1S/C18H28N2O3S.ClH/c1-3-4-11-20(16-10-12-24(22,23)13-16)18(21)14(2)17(19)15-8-6-5-7-9-15;/h5-9,14,16-17H,3-4,10-13,19H2,1-2H3;1H. The molecule has 1 amide bonds. The third-order valence-electron chi connectivity index (χ3n) is 4.80. The number of amides is 1. The maximum atomic E-state index is 13.0. The lowest BCUT2D eigenvalue weighted by Gasteiger charge is -2.32. The maximum absolute atomic E-state index is 13.0. The minimum absolute atomic E-state index is 0. The summed E-state index contributed by atoms with van der Waals surface area (Å²) in [7, 11) is -3.02. The topological polar surface area (TPSA) is 80.5 Å². The summed E-state index contributed by atoms with van der Waals surface area (Å²) in [6.07, 6.45) is 2.36. The number of halogens is 1. The van der Waals surface area contributed by atoms with Crippen molar-refractivity contribution in [2.24, 2.45) is 11.7 Å². The van der Waals surface area contributed by atoms with E-state index in [1.807, 2.05) is 37.3 Å². The third kappa shape index (κ3) is 5.69. The Morgan fingerprint density at radius 2 is 1.96 bits per heavy atom. The molecule has 3 atom stereocenters. The van der Waals surface area contributed by atoms with Crippen LogP contribution in [0.25, 0.3) is 0 Å². The molecule has 5 nitrogen and oxygen atoms in total. The first-order valence-electron chi connectivity index (χ1n) is 8.67. The fourth-order valence-corrected chi connectivity index (χ4v) is 4.93. The Balaban J connectivity index is 0.00000312. The zero-order valence-corrected chi connectivity index (χ0v) is 16.6. The van der Waals surface area contributed by atoms with E-state index in [2.05, 4.69) is 6.92 Å². The summed E-state index contributed by atoms with van der Waals surface area (Å²) in [6, 6.07) is 8.98. The van der Waals surface area contributed by atoms with Crippen LogP contribution in [0.1, 0.15) is 44.7 Å². The Labute approximate surface area is 157 Å². The molecule has 1 aliphatic heterocycles. The van der Waals surface area contributed by atoms with Crippen LogP contribution < -0.4 is 5.73 Å². The van der Waals surface area contributed by atoms with E-state index in [0.29, 0.717) is 13.0 Å². The van der Waals surface area contributed by atoms with Crippen molar-refractivity contribution in [1.82, 2.24) is 4.90 Å². The highest BCUT2D eigenvalue weighted by molar-refractivity contribution is 7.91.